The summed E-state index contributed by atoms with van der Waals surface area (Å²) in [6, 6.07) is 8.54. The second-order valence-corrected chi connectivity index (χ2v) is 4.87. The van der Waals surface area contributed by atoms with Crippen LogP contribution < -0.4 is 5.73 Å². The average Bonchev–Trinajstić information content (AvgIpc) is 2.40. The fourth-order valence-corrected chi connectivity index (χ4v) is 2.33. The zero-order valence-electron chi connectivity index (χ0n) is 10.9. The summed E-state index contributed by atoms with van der Waals surface area (Å²) in [4.78, 5) is 2.38. The van der Waals surface area contributed by atoms with Crippen molar-refractivity contribution in [1.82, 2.24) is 4.90 Å². The number of ether oxygens (including phenoxy) is 1. The van der Waals surface area contributed by atoms with E-state index in [0.717, 1.165) is 38.2 Å². The van der Waals surface area contributed by atoms with Gasteiger partial charge in [0.25, 0.3) is 0 Å². The van der Waals surface area contributed by atoms with Crippen LogP contribution in [0.1, 0.15) is 24.0 Å². The molecule has 0 spiro atoms. The van der Waals surface area contributed by atoms with Crippen molar-refractivity contribution in [2.45, 2.75) is 25.4 Å². The number of rotatable bonds is 4. The zero-order valence-corrected chi connectivity index (χ0v) is 10.9. The molecule has 4 heteroatoms. The lowest BCUT2D eigenvalue weighted by Gasteiger charge is -2.31. The molecule has 0 saturated carbocycles. The second kappa shape index (κ2) is 5.98. The summed E-state index contributed by atoms with van der Waals surface area (Å²) in [5, 5.41) is 7.36. The number of benzene rings is 1. The fourth-order valence-electron chi connectivity index (χ4n) is 2.33. The molecule has 1 saturated heterocycles. The van der Waals surface area contributed by atoms with Crippen LogP contribution in [0.5, 0.6) is 0 Å². The van der Waals surface area contributed by atoms with Crippen molar-refractivity contribution >= 4 is 5.84 Å². The first-order chi connectivity index (χ1) is 8.66. The van der Waals surface area contributed by atoms with Crippen molar-refractivity contribution in [3.8, 4) is 0 Å². The maximum Gasteiger partial charge on any atom is 0.122 e. The van der Waals surface area contributed by atoms with Gasteiger partial charge < -0.3 is 10.5 Å². The molecular weight excluding hydrogens is 226 g/mol. The first kappa shape index (κ1) is 13.1. The van der Waals surface area contributed by atoms with Crippen LogP contribution in [0.2, 0.25) is 0 Å². The van der Waals surface area contributed by atoms with E-state index in [1.54, 1.807) is 0 Å². The van der Waals surface area contributed by atoms with Crippen LogP contribution in [0.3, 0.4) is 0 Å². The number of nitrogens with two attached hydrogens (primary N) is 1. The van der Waals surface area contributed by atoms with Gasteiger partial charge in [-0.1, -0.05) is 24.3 Å². The summed E-state index contributed by atoms with van der Waals surface area (Å²) in [6.07, 6.45) is 2.23. The van der Waals surface area contributed by atoms with Crippen LogP contribution >= 0.6 is 0 Å². The van der Waals surface area contributed by atoms with Gasteiger partial charge in [0, 0.05) is 31.4 Å². The first-order valence-corrected chi connectivity index (χ1v) is 6.38. The number of amidine groups is 1. The highest BCUT2D eigenvalue weighted by Crippen LogP contribution is 2.15. The topological polar surface area (TPSA) is 62.3 Å². The quantitative estimate of drug-likeness (QED) is 0.627. The van der Waals surface area contributed by atoms with Gasteiger partial charge in [0.15, 0.2) is 0 Å². The van der Waals surface area contributed by atoms with Crippen LogP contribution in [-0.4, -0.2) is 37.0 Å². The number of hydrogen-bond acceptors (Lipinski definition) is 3. The van der Waals surface area contributed by atoms with E-state index in [2.05, 4.69) is 11.9 Å². The summed E-state index contributed by atoms with van der Waals surface area (Å²) in [6.45, 7) is 2.68. The van der Waals surface area contributed by atoms with Crippen molar-refractivity contribution in [3.63, 3.8) is 0 Å². The Kier molecular flexibility index (Phi) is 4.33. The lowest BCUT2D eigenvalue weighted by Crippen LogP contribution is -2.36. The predicted molar refractivity (Wildman–Crippen MR) is 72.8 cm³/mol. The van der Waals surface area contributed by atoms with Crippen molar-refractivity contribution < 1.29 is 4.74 Å². The third kappa shape index (κ3) is 3.31. The van der Waals surface area contributed by atoms with E-state index in [4.69, 9.17) is 15.9 Å². The second-order valence-electron chi connectivity index (χ2n) is 4.87. The number of nitrogens with one attached hydrogen (secondary N) is 1. The van der Waals surface area contributed by atoms with E-state index in [0.29, 0.717) is 6.04 Å². The monoisotopic (exact) mass is 247 g/mol. The Morgan fingerprint density at radius 3 is 2.50 bits per heavy atom. The van der Waals surface area contributed by atoms with Gasteiger partial charge in [0.2, 0.25) is 0 Å². The zero-order chi connectivity index (χ0) is 13.0. The van der Waals surface area contributed by atoms with Crippen LogP contribution in [0, 0.1) is 5.41 Å². The molecule has 0 radical (unpaired) electrons. The van der Waals surface area contributed by atoms with Crippen LogP contribution in [0.4, 0.5) is 0 Å². The lowest BCUT2D eigenvalue weighted by molar-refractivity contribution is 0.0407. The lowest BCUT2D eigenvalue weighted by atomic mass is 10.1. The minimum Gasteiger partial charge on any atom is -0.384 e. The molecule has 18 heavy (non-hydrogen) atoms. The van der Waals surface area contributed by atoms with Gasteiger partial charge in [0.05, 0.1) is 0 Å². The van der Waals surface area contributed by atoms with Gasteiger partial charge in [-0.3, -0.25) is 10.3 Å². The Labute approximate surface area is 108 Å². The molecule has 4 nitrogen and oxygen atoms in total. The highest BCUT2D eigenvalue weighted by atomic mass is 16.5. The summed E-state index contributed by atoms with van der Waals surface area (Å²) >= 11 is 0. The van der Waals surface area contributed by atoms with Crippen LogP contribution in [-0.2, 0) is 11.3 Å². The highest BCUT2D eigenvalue weighted by Gasteiger charge is 2.18. The van der Waals surface area contributed by atoms with Crippen LogP contribution in [0.25, 0.3) is 0 Å². The molecule has 0 atom stereocenters. The molecule has 1 aliphatic heterocycles. The number of nitrogens with zero attached hydrogens (tertiary/aromatic N) is 1. The molecule has 3 N–H and O–H groups in total. The summed E-state index contributed by atoms with van der Waals surface area (Å²) < 4.78 is 5.38. The van der Waals surface area contributed by atoms with Gasteiger partial charge in [-0.05, 0) is 25.5 Å². The molecule has 1 heterocycles. The van der Waals surface area contributed by atoms with E-state index < -0.39 is 0 Å². The van der Waals surface area contributed by atoms with E-state index >= 15 is 0 Å². The molecule has 0 aliphatic carbocycles. The Morgan fingerprint density at radius 2 is 1.94 bits per heavy atom. The largest absolute Gasteiger partial charge is 0.384 e. The molecule has 0 aromatic heterocycles. The minimum absolute atomic E-state index is 0.124. The van der Waals surface area contributed by atoms with Crippen molar-refractivity contribution in [2.24, 2.45) is 5.73 Å². The van der Waals surface area contributed by atoms with Gasteiger partial charge in [-0.25, -0.2) is 0 Å². The standard InChI is InChI=1S/C14H21N3O/c1-17(13-6-8-18-9-7-13)10-11-2-4-12(5-3-11)14(15)16/h2-5,13H,6-10H2,1H3,(H3,15,16). The van der Waals surface area contributed by atoms with E-state index in [9.17, 15) is 0 Å². The molecule has 0 amide bonds. The molecule has 98 valence electrons. The summed E-state index contributed by atoms with van der Waals surface area (Å²) in [7, 11) is 2.16. The number of hydrogen-bond donors (Lipinski definition) is 2. The van der Waals surface area contributed by atoms with Gasteiger partial charge >= 0.3 is 0 Å². The maximum atomic E-state index is 7.36. The summed E-state index contributed by atoms with van der Waals surface area (Å²) in [5.41, 5.74) is 7.48. The smallest absolute Gasteiger partial charge is 0.122 e. The highest BCUT2D eigenvalue weighted by molar-refractivity contribution is 5.94. The predicted octanol–water partition coefficient (Wildman–Crippen LogP) is 1.58. The molecule has 1 fully saturated rings. The Bertz CT molecular complexity index is 396. The molecule has 2 rings (SSSR count). The number of nitrogen functional groups attached to an aromatic ring is 1. The van der Waals surface area contributed by atoms with E-state index in [1.165, 1.54) is 5.56 Å². The van der Waals surface area contributed by atoms with E-state index in [1.807, 2.05) is 24.3 Å². The molecular formula is C14H21N3O. The molecule has 0 unspecified atom stereocenters. The van der Waals surface area contributed by atoms with Crippen molar-refractivity contribution in [2.75, 3.05) is 20.3 Å². The molecule has 1 aliphatic rings. The summed E-state index contributed by atoms with van der Waals surface area (Å²) in [5.74, 6) is 0.124. The Hall–Kier alpha value is -1.39. The first-order valence-electron chi connectivity index (χ1n) is 6.38. The SMILES string of the molecule is CN(Cc1ccc(C(=N)N)cc1)C1CCOCC1. The Morgan fingerprint density at radius 1 is 1.33 bits per heavy atom. The van der Waals surface area contributed by atoms with Crippen LogP contribution in [0.15, 0.2) is 24.3 Å². The van der Waals surface area contributed by atoms with E-state index in [-0.39, 0.29) is 5.84 Å². The molecule has 0 bridgehead atoms. The van der Waals surface area contributed by atoms with Gasteiger partial charge in [0.1, 0.15) is 5.84 Å². The third-order valence-corrected chi connectivity index (χ3v) is 3.51. The van der Waals surface area contributed by atoms with Gasteiger partial charge in [-0.15, -0.1) is 0 Å². The Balaban J connectivity index is 1.93. The van der Waals surface area contributed by atoms with Crippen molar-refractivity contribution in [3.05, 3.63) is 35.4 Å². The molecule has 1 aromatic rings. The fraction of sp³-hybridized carbons (Fsp3) is 0.500. The minimum atomic E-state index is 0.124. The average molecular weight is 247 g/mol. The van der Waals surface area contributed by atoms with Crippen molar-refractivity contribution in [1.29, 1.82) is 5.41 Å². The maximum absolute atomic E-state index is 7.36. The molecule has 1 aromatic carbocycles. The van der Waals surface area contributed by atoms with Gasteiger partial charge in [-0.2, -0.15) is 0 Å². The normalized spacial score (nSPS) is 17.0. The third-order valence-electron chi connectivity index (χ3n) is 3.51.